The molecule has 1 aliphatic rings. The monoisotopic (exact) mass is 352 g/mol. The first-order valence-electron chi connectivity index (χ1n) is 10.1. The Hall–Kier alpha value is -1.36. The predicted molar refractivity (Wildman–Crippen MR) is 101 cm³/mol. The van der Waals surface area contributed by atoms with E-state index in [1.165, 1.54) is 44.9 Å². The molecule has 5 heteroatoms. The number of carboxylic acids is 1. The van der Waals surface area contributed by atoms with Crippen LogP contribution in [0.2, 0.25) is 0 Å². The van der Waals surface area contributed by atoms with Gasteiger partial charge in [-0.3, -0.25) is 15.0 Å². The summed E-state index contributed by atoms with van der Waals surface area (Å²) < 4.78 is 0. The molecule has 0 aliphatic carbocycles. The maximum absolute atomic E-state index is 12.3. The summed E-state index contributed by atoms with van der Waals surface area (Å²) in [5.74, 6) is -1.71. The second-order valence-corrected chi connectivity index (χ2v) is 7.07. The van der Waals surface area contributed by atoms with Gasteiger partial charge in [-0.25, -0.2) is 5.01 Å². The number of allylic oxidation sites excluding steroid dienone is 1. The lowest BCUT2D eigenvalue weighted by Gasteiger charge is -2.19. The molecule has 2 N–H and O–H groups in total. The van der Waals surface area contributed by atoms with Gasteiger partial charge in [-0.05, 0) is 25.7 Å². The van der Waals surface area contributed by atoms with Crippen LogP contribution in [-0.2, 0) is 9.59 Å². The number of nitrogens with one attached hydrogen (secondary N) is 1. The first-order valence-corrected chi connectivity index (χ1v) is 10.1. The molecule has 0 bridgehead atoms. The van der Waals surface area contributed by atoms with Crippen molar-refractivity contribution in [2.75, 3.05) is 13.1 Å². The van der Waals surface area contributed by atoms with Crippen LogP contribution < -0.4 is 5.43 Å². The van der Waals surface area contributed by atoms with Gasteiger partial charge in [-0.1, -0.05) is 64.0 Å². The van der Waals surface area contributed by atoms with Gasteiger partial charge < -0.3 is 5.11 Å². The van der Waals surface area contributed by atoms with Gasteiger partial charge in [0.2, 0.25) is 5.91 Å². The molecule has 1 atom stereocenters. The summed E-state index contributed by atoms with van der Waals surface area (Å²) >= 11 is 0. The molecular weight excluding hydrogens is 316 g/mol. The SMILES string of the molecule is CCCCCCCCCCC=CC(CC(=O)O)C(=O)NN1CCCC1. The van der Waals surface area contributed by atoms with E-state index in [2.05, 4.69) is 12.3 Å². The maximum Gasteiger partial charge on any atom is 0.304 e. The molecule has 0 radical (unpaired) electrons. The summed E-state index contributed by atoms with van der Waals surface area (Å²) in [5, 5.41) is 10.9. The van der Waals surface area contributed by atoms with Gasteiger partial charge in [0.05, 0.1) is 12.3 Å². The third kappa shape index (κ3) is 11.0. The molecule has 5 nitrogen and oxygen atoms in total. The fourth-order valence-electron chi connectivity index (χ4n) is 3.16. The second-order valence-electron chi connectivity index (χ2n) is 7.07. The molecule has 0 spiro atoms. The smallest absolute Gasteiger partial charge is 0.304 e. The summed E-state index contributed by atoms with van der Waals surface area (Å²) in [6, 6.07) is 0. The minimum Gasteiger partial charge on any atom is -0.481 e. The summed E-state index contributed by atoms with van der Waals surface area (Å²) in [4.78, 5) is 23.3. The van der Waals surface area contributed by atoms with Gasteiger partial charge >= 0.3 is 5.97 Å². The first kappa shape index (κ1) is 21.7. The van der Waals surface area contributed by atoms with Crippen LogP contribution in [0.1, 0.15) is 84.0 Å². The molecule has 1 heterocycles. The van der Waals surface area contributed by atoms with Crippen LogP contribution >= 0.6 is 0 Å². The Balaban J connectivity index is 2.21. The number of unbranched alkanes of at least 4 members (excludes halogenated alkanes) is 8. The molecule has 0 aromatic carbocycles. The van der Waals surface area contributed by atoms with E-state index in [0.29, 0.717) is 0 Å². The second kappa shape index (κ2) is 13.9. The van der Waals surface area contributed by atoms with E-state index in [1.807, 2.05) is 11.1 Å². The molecule has 1 saturated heterocycles. The number of hydrogen-bond acceptors (Lipinski definition) is 3. The van der Waals surface area contributed by atoms with E-state index in [0.717, 1.165) is 38.8 Å². The highest BCUT2D eigenvalue weighted by atomic mass is 16.4. The zero-order chi connectivity index (χ0) is 18.3. The van der Waals surface area contributed by atoms with E-state index in [9.17, 15) is 9.59 Å². The molecular formula is C20H36N2O3. The van der Waals surface area contributed by atoms with Crippen molar-refractivity contribution >= 4 is 11.9 Å². The molecule has 1 fully saturated rings. The number of carboxylic acid groups (broad SMARTS) is 1. The van der Waals surface area contributed by atoms with Crippen LogP contribution in [0.3, 0.4) is 0 Å². The first-order chi connectivity index (χ1) is 12.1. The third-order valence-electron chi connectivity index (χ3n) is 4.70. The lowest BCUT2D eigenvalue weighted by atomic mass is 10.0. The summed E-state index contributed by atoms with van der Waals surface area (Å²) in [6.07, 6.45) is 16.9. The summed E-state index contributed by atoms with van der Waals surface area (Å²) in [5.41, 5.74) is 2.85. The van der Waals surface area contributed by atoms with Crippen molar-refractivity contribution in [1.29, 1.82) is 0 Å². The van der Waals surface area contributed by atoms with Gasteiger partial charge in [0, 0.05) is 13.1 Å². The normalized spacial score (nSPS) is 16.4. The number of carbonyl (C=O) groups is 2. The zero-order valence-corrected chi connectivity index (χ0v) is 15.8. The quantitative estimate of drug-likeness (QED) is 0.361. The van der Waals surface area contributed by atoms with E-state index >= 15 is 0 Å². The highest BCUT2D eigenvalue weighted by molar-refractivity contribution is 5.84. The number of nitrogens with zero attached hydrogens (tertiary/aromatic N) is 1. The van der Waals surface area contributed by atoms with Crippen LogP contribution in [0.15, 0.2) is 12.2 Å². The fraction of sp³-hybridized carbons (Fsp3) is 0.800. The summed E-state index contributed by atoms with van der Waals surface area (Å²) in [6.45, 7) is 3.94. The topological polar surface area (TPSA) is 69.6 Å². The van der Waals surface area contributed by atoms with Crippen molar-refractivity contribution in [3.05, 3.63) is 12.2 Å². The van der Waals surface area contributed by atoms with Crippen molar-refractivity contribution in [2.45, 2.75) is 84.0 Å². The highest BCUT2D eigenvalue weighted by Gasteiger charge is 2.22. The van der Waals surface area contributed by atoms with Crippen molar-refractivity contribution in [3.8, 4) is 0 Å². The van der Waals surface area contributed by atoms with Gasteiger partial charge in [0.25, 0.3) is 0 Å². The minimum absolute atomic E-state index is 0.145. The Kier molecular flexibility index (Phi) is 12.0. The van der Waals surface area contributed by atoms with E-state index in [1.54, 1.807) is 6.08 Å². The van der Waals surface area contributed by atoms with E-state index in [-0.39, 0.29) is 12.3 Å². The van der Waals surface area contributed by atoms with E-state index < -0.39 is 11.9 Å². The molecule has 1 aliphatic heterocycles. The largest absolute Gasteiger partial charge is 0.481 e. The van der Waals surface area contributed by atoms with Crippen LogP contribution in [0.25, 0.3) is 0 Å². The summed E-state index contributed by atoms with van der Waals surface area (Å²) in [7, 11) is 0. The number of hydrazine groups is 1. The Bertz CT molecular complexity index is 404. The van der Waals surface area contributed by atoms with Crippen LogP contribution in [0.4, 0.5) is 0 Å². The average molecular weight is 353 g/mol. The third-order valence-corrected chi connectivity index (χ3v) is 4.70. The number of hydrogen-bond donors (Lipinski definition) is 2. The molecule has 0 aromatic heterocycles. The predicted octanol–water partition coefficient (Wildman–Crippen LogP) is 4.29. The van der Waals surface area contributed by atoms with Gasteiger partial charge in [0.15, 0.2) is 0 Å². The van der Waals surface area contributed by atoms with Crippen LogP contribution in [0.5, 0.6) is 0 Å². The average Bonchev–Trinajstić information content (AvgIpc) is 3.08. The van der Waals surface area contributed by atoms with Gasteiger partial charge in [0.1, 0.15) is 0 Å². The van der Waals surface area contributed by atoms with Crippen molar-refractivity contribution in [1.82, 2.24) is 10.4 Å². The number of amides is 1. The van der Waals surface area contributed by atoms with Crippen LogP contribution in [0, 0.1) is 5.92 Å². The number of carbonyl (C=O) groups excluding carboxylic acids is 1. The lowest BCUT2D eigenvalue weighted by Crippen LogP contribution is -2.43. The Morgan fingerprint density at radius 1 is 1.04 bits per heavy atom. The molecule has 1 unspecified atom stereocenters. The molecule has 144 valence electrons. The van der Waals surface area contributed by atoms with Crippen molar-refractivity contribution < 1.29 is 14.7 Å². The fourth-order valence-corrected chi connectivity index (χ4v) is 3.16. The standard InChI is InChI=1S/C20H36N2O3/c1-2-3-4-5-6-7-8-9-10-11-14-18(17-19(23)24)20(25)21-22-15-12-13-16-22/h11,14,18H,2-10,12-13,15-17H2,1H3,(H,21,25)(H,23,24). The van der Waals surface area contributed by atoms with Crippen molar-refractivity contribution in [2.24, 2.45) is 5.92 Å². The van der Waals surface area contributed by atoms with Gasteiger partial charge in [-0.2, -0.15) is 0 Å². The van der Waals surface area contributed by atoms with Crippen molar-refractivity contribution in [3.63, 3.8) is 0 Å². The molecule has 1 rings (SSSR count). The van der Waals surface area contributed by atoms with Gasteiger partial charge in [-0.15, -0.1) is 0 Å². The number of aliphatic carboxylic acids is 1. The molecule has 25 heavy (non-hydrogen) atoms. The zero-order valence-electron chi connectivity index (χ0n) is 15.8. The number of rotatable bonds is 14. The highest BCUT2D eigenvalue weighted by Crippen LogP contribution is 2.12. The molecule has 1 amide bonds. The van der Waals surface area contributed by atoms with E-state index in [4.69, 9.17) is 5.11 Å². The Morgan fingerprint density at radius 3 is 2.24 bits per heavy atom. The molecule has 0 saturated carbocycles. The lowest BCUT2D eigenvalue weighted by molar-refractivity contribution is -0.141. The Morgan fingerprint density at radius 2 is 1.64 bits per heavy atom. The van der Waals surface area contributed by atoms with Crippen LogP contribution in [-0.4, -0.2) is 35.1 Å². The minimum atomic E-state index is -0.932. The molecule has 0 aromatic rings. The Labute approximate surface area is 152 Å². The maximum atomic E-state index is 12.3.